The minimum atomic E-state index is -0.0698. The first kappa shape index (κ1) is 13.8. The van der Waals surface area contributed by atoms with Crippen molar-refractivity contribution in [3.05, 3.63) is 75.3 Å². The van der Waals surface area contributed by atoms with Gasteiger partial charge in [-0.1, -0.05) is 35.9 Å². The molecule has 5 heteroatoms. The molecule has 0 radical (unpaired) electrons. The number of halogens is 1. The van der Waals surface area contributed by atoms with Gasteiger partial charge in [0, 0.05) is 11.6 Å². The monoisotopic (exact) mass is 299 g/mol. The average Bonchev–Trinajstić information content (AvgIpc) is 2.52. The fraction of sp³-hybridized carbons (Fsp3) is 0.125. The number of benzene rings is 2. The van der Waals surface area contributed by atoms with Gasteiger partial charge in [-0.15, -0.1) is 0 Å². The van der Waals surface area contributed by atoms with Crippen LogP contribution in [0.4, 0.5) is 0 Å². The lowest BCUT2D eigenvalue weighted by Crippen LogP contribution is -2.21. The lowest BCUT2D eigenvalue weighted by atomic mass is 10.1. The molecule has 0 aliphatic heterocycles. The molecule has 2 aromatic carbocycles. The Hall–Kier alpha value is -2.17. The minimum Gasteiger partial charge on any atom is -0.326 e. The Bertz CT molecular complexity index is 858. The van der Waals surface area contributed by atoms with E-state index in [4.69, 9.17) is 17.3 Å². The third-order valence-electron chi connectivity index (χ3n) is 3.43. The molecule has 0 amide bonds. The maximum Gasteiger partial charge on any atom is 0.261 e. The Morgan fingerprint density at radius 1 is 1.19 bits per heavy atom. The normalized spacial score (nSPS) is 11.0. The van der Waals surface area contributed by atoms with Crippen molar-refractivity contribution in [2.24, 2.45) is 5.73 Å². The molecule has 0 atom stereocenters. The van der Waals surface area contributed by atoms with Gasteiger partial charge < -0.3 is 5.73 Å². The number of aromatic nitrogens is 2. The van der Waals surface area contributed by atoms with Crippen LogP contribution in [0.3, 0.4) is 0 Å². The Morgan fingerprint density at radius 2 is 2.00 bits per heavy atom. The van der Waals surface area contributed by atoms with Crippen molar-refractivity contribution >= 4 is 22.5 Å². The van der Waals surface area contributed by atoms with Crippen LogP contribution in [-0.4, -0.2) is 9.55 Å². The van der Waals surface area contributed by atoms with Gasteiger partial charge in [0.15, 0.2) is 0 Å². The molecule has 0 bridgehead atoms. The number of rotatable bonds is 3. The van der Waals surface area contributed by atoms with E-state index in [-0.39, 0.29) is 5.56 Å². The molecular formula is C16H14ClN3O. The van der Waals surface area contributed by atoms with Crippen LogP contribution < -0.4 is 11.3 Å². The molecule has 1 aromatic heterocycles. The Morgan fingerprint density at radius 3 is 2.76 bits per heavy atom. The summed E-state index contributed by atoms with van der Waals surface area (Å²) in [5.41, 5.74) is 8.05. The lowest BCUT2D eigenvalue weighted by Gasteiger charge is -2.09. The van der Waals surface area contributed by atoms with Gasteiger partial charge in [-0.2, -0.15) is 0 Å². The fourth-order valence-electron chi connectivity index (χ4n) is 2.25. The van der Waals surface area contributed by atoms with Crippen LogP contribution in [0.1, 0.15) is 11.1 Å². The molecule has 21 heavy (non-hydrogen) atoms. The van der Waals surface area contributed by atoms with E-state index in [9.17, 15) is 4.79 Å². The summed E-state index contributed by atoms with van der Waals surface area (Å²) in [4.78, 5) is 16.7. The van der Waals surface area contributed by atoms with Crippen molar-refractivity contribution in [1.82, 2.24) is 9.55 Å². The molecule has 0 aliphatic rings. The molecule has 0 saturated carbocycles. The van der Waals surface area contributed by atoms with Crippen molar-refractivity contribution in [1.29, 1.82) is 0 Å². The highest BCUT2D eigenvalue weighted by atomic mass is 35.5. The van der Waals surface area contributed by atoms with Crippen LogP contribution >= 0.6 is 11.6 Å². The van der Waals surface area contributed by atoms with Gasteiger partial charge >= 0.3 is 0 Å². The molecule has 4 nitrogen and oxygen atoms in total. The minimum absolute atomic E-state index is 0.0698. The number of nitrogens with two attached hydrogens (primary N) is 1. The Labute approximate surface area is 126 Å². The maximum atomic E-state index is 12.4. The highest BCUT2D eigenvalue weighted by Crippen LogP contribution is 2.18. The topological polar surface area (TPSA) is 60.9 Å². The van der Waals surface area contributed by atoms with E-state index < -0.39 is 0 Å². The SMILES string of the molecule is NCc1ccc(Cn2cnc3ccccc3c2=O)c(Cl)c1. The quantitative estimate of drug-likeness (QED) is 0.808. The van der Waals surface area contributed by atoms with Crippen molar-refractivity contribution in [3.8, 4) is 0 Å². The van der Waals surface area contributed by atoms with E-state index in [1.165, 1.54) is 0 Å². The molecule has 1 heterocycles. The molecule has 0 fully saturated rings. The first-order valence-corrected chi connectivity index (χ1v) is 6.98. The maximum absolute atomic E-state index is 12.4. The number of para-hydroxylation sites is 1. The molecule has 106 valence electrons. The standard InChI is InChI=1S/C16H14ClN3O/c17-14-7-11(8-18)5-6-12(14)9-20-10-19-15-4-2-1-3-13(15)16(20)21/h1-7,10H,8-9,18H2. The van der Waals surface area contributed by atoms with E-state index in [2.05, 4.69) is 4.98 Å². The second-order valence-electron chi connectivity index (χ2n) is 4.82. The predicted octanol–water partition coefficient (Wildman–Crippen LogP) is 2.56. The molecular weight excluding hydrogens is 286 g/mol. The Balaban J connectivity index is 2.02. The molecule has 2 N–H and O–H groups in total. The third kappa shape index (κ3) is 2.68. The van der Waals surface area contributed by atoms with Crippen molar-refractivity contribution in [3.63, 3.8) is 0 Å². The van der Waals surface area contributed by atoms with E-state index in [1.807, 2.05) is 36.4 Å². The summed E-state index contributed by atoms with van der Waals surface area (Å²) in [7, 11) is 0. The number of hydrogen-bond donors (Lipinski definition) is 1. The second-order valence-corrected chi connectivity index (χ2v) is 5.23. The Kier molecular flexibility index (Phi) is 3.73. The van der Waals surface area contributed by atoms with Crippen molar-refractivity contribution < 1.29 is 0 Å². The average molecular weight is 300 g/mol. The zero-order chi connectivity index (χ0) is 14.8. The largest absolute Gasteiger partial charge is 0.326 e. The summed E-state index contributed by atoms with van der Waals surface area (Å²) in [5.74, 6) is 0. The van der Waals surface area contributed by atoms with E-state index >= 15 is 0 Å². The van der Waals surface area contributed by atoms with E-state index in [0.717, 1.165) is 11.1 Å². The molecule has 0 aliphatic carbocycles. The smallest absolute Gasteiger partial charge is 0.261 e. The van der Waals surface area contributed by atoms with Crippen molar-refractivity contribution in [2.45, 2.75) is 13.1 Å². The van der Waals surface area contributed by atoms with Gasteiger partial charge in [0.05, 0.1) is 23.8 Å². The zero-order valence-corrected chi connectivity index (χ0v) is 12.0. The third-order valence-corrected chi connectivity index (χ3v) is 3.78. The van der Waals surface area contributed by atoms with Gasteiger partial charge in [0.25, 0.3) is 5.56 Å². The zero-order valence-electron chi connectivity index (χ0n) is 11.3. The van der Waals surface area contributed by atoms with Crippen LogP contribution in [0, 0.1) is 0 Å². The molecule has 3 rings (SSSR count). The van der Waals surface area contributed by atoms with Gasteiger partial charge in [0.2, 0.25) is 0 Å². The van der Waals surface area contributed by atoms with Crippen LogP contribution in [0.2, 0.25) is 5.02 Å². The highest BCUT2D eigenvalue weighted by Gasteiger charge is 2.07. The highest BCUT2D eigenvalue weighted by molar-refractivity contribution is 6.31. The van der Waals surface area contributed by atoms with Crippen molar-refractivity contribution in [2.75, 3.05) is 0 Å². The van der Waals surface area contributed by atoms with Crippen LogP contribution in [0.15, 0.2) is 53.6 Å². The van der Waals surface area contributed by atoms with Gasteiger partial charge in [0.1, 0.15) is 0 Å². The molecule has 0 spiro atoms. The molecule has 3 aromatic rings. The van der Waals surface area contributed by atoms with Crippen LogP contribution in [0.25, 0.3) is 10.9 Å². The molecule has 0 saturated heterocycles. The van der Waals surface area contributed by atoms with Crippen LogP contribution in [0.5, 0.6) is 0 Å². The molecule has 0 unspecified atom stereocenters. The van der Waals surface area contributed by atoms with Crippen LogP contribution in [-0.2, 0) is 13.1 Å². The summed E-state index contributed by atoms with van der Waals surface area (Å²) in [6, 6.07) is 12.9. The number of fused-ring (bicyclic) bond motifs is 1. The lowest BCUT2D eigenvalue weighted by molar-refractivity contribution is 0.748. The predicted molar refractivity (Wildman–Crippen MR) is 84.4 cm³/mol. The van der Waals surface area contributed by atoms with E-state index in [0.29, 0.717) is 29.0 Å². The first-order valence-electron chi connectivity index (χ1n) is 6.60. The summed E-state index contributed by atoms with van der Waals surface area (Å²) in [5, 5.41) is 1.22. The van der Waals surface area contributed by atoms with Gasteiger partial charge in [-0.25, -0.2) is 4.98 Å². The summed E-state index contributed by atoms with van der Waals surface area (Å²) >= 11 is 6.24. The van der Waals surface area contributed by atoms with Gasteiger partial charge in [-0.05, 0) is 29.3 Å². The van der Waals surface area contributed by atoms with Gasteiger partial charge in [-0.3, -0.25) is 9.36 Å². The summed E-state index contributed by atoms with van der Waals surface area (Å²) < 4.78 is 1.56. The summed E-state index contributed by atoms with van der Waals surface area (Å²) in [6.07, 6.45) is 1.55. The van der Waals surface area contributed by atoms with E-state index in [1.54, 1.807) is 17.0 Å². The summed E-state index contributed by atoms with van der Waals surface area (Å²) in [6.45, 7) is 0.831. The fourth-order valence-corrected chi connectivity index (χ4v) is 2.51. The first-order chi connectivity index (χ1) is 10.2. The second kappa shape index (κ2) is 5.68. The number of nitrogens with zero attached hydrogens (tertiary/aromatic N) is 2. The number of hydrogen-bond acceptors (Lipinski definition) is 3.